The molecule has 0 saturated heterocycles. The lowest BCUT2D eigenvalue weighted by Crippen LogP contribution is -2.60. The van der Waals surface area contributed by atoms with Crippen molar-refractivity contribution in [2.24, 2.45) is 11.7 Å². The summed E-state index contributed by atoms with van der Waals surface area (Å²) in [6.45, 7) is 1.23. The summed E-state index contributed by atoms with van der Waals surface area (Å²) in [5, 5.41) is 14.6. The van der Waals surface area contributed by atoms with Crippen molar-refractivity contribution in [3.05, 3.63) is 126 Å². The first kappa shape index (κ1) is 46.5. The second kappa shape index (κ2) is 23.4. The number of primary amides is 1. The first-order chi connectivity index (χ1) is 31.0. The van der Waals surface area contributed by atoms with Crippen molar-refractivity contribution in [1.82, 2.24) is 41.5 Å². The molecule has 0 bridgehead atoms. The zero-order valence-corrected chi connectivity index (χ0v) is 35.8. The van der Waals surface area contributed by atoms with Crippen LogP contribution < -0.4 is 32.3 Å². The minimum absolute atomic E-state index is 0.0106. The first-order valence-electron chi connectivity index (χ1n) is 21.6. The molecule has 1 aliphatic carbocycles. The lowest BCUT2D eigenvalue weighted by Gasteiger charge is -2.29. The van der Waals surface area contributed by atoms with Crippen molar-refractivity contribution in [2.75, 3.05) is 6.61 Å². The molecule has 1 saturated carbocycles. The Hall–Kier alpha value is -7.01. The number of nitrogens with zero attached hydrogens (tertiary/aromatic N) is 1. The number of amides is 6. The lowest BCUT2D eigenvalue weighted by molar-refractivity contribution is -0.136. The van der Waals surface area contributed by atoms with Gasteiger partial charge in [0.2, 0.25) is 29.5 Å². The van der Waals surface area contributed by atoms with Crippen LogP contribution >= 0.6 is 0 Å². The molecule has 5 aromatic rings. The Kier molecular flexibility index (Phi) is 17.0. The molecule has 2 heterocycles. The zero-order valence-electron chi connectivity index (χ0n) is 35.8. The van der Waals surface area contributed by atoms with Gasteiger partial charge in [0.1, 0.15) is 36.8 Å². The highest BCUT2D eigenvalue weighted by atomic mass is 16.5. The first-order valence-corrected chi connectivity index (χ1v) is 21.6. The topological polar surface area (TPSA) is 252 Å². The number of rotatable bonds is 22. The monoisotopic (exact) mass is 875 g/mol. The van der Waals surface area contributed by atoms with Crippen molar-refractivity contribution < 1.29 is 38.2 Å². The van der Waals surface area contributed by atoms with Crippen LogP contribution in [0, 0.1) is 5.92 Å². The highest BCUT2D eigenvalue weighted by Gasteiger charge is 2.34. The van der Waals surface area contributed by atoms with Crippen LogP contribution in [0.5, 0.6) is 0 Å². The zero-order chi connectivity index (χ0) is 45.3. The van der Waals surface area contributed by atoms with Gasteiger partial charge in [0.05, 0.1) is 19.5 Å². The summed E-state index contributed by atoms with van der Waals surface area (Å²) in [6, 6.07) is 19.9. The van der Waals surface area contributed by atoms with Gasteiger partial charge >= 0.3 is 6.09 Å². The molecule has 6 amide bonds. The minimum atomic E-state index is -1.35. The Balaban J connectivity index is 1.23. The number of benzene rings is 3. The van der Waals surface area contributed by atoms with E-state index in [1.807, 2.05) is 72.8 Å². The number of carbonyl (C=O) groups is 6. The van der Waals surface area contributed by atoms with Gasteiger partial charge < -0.3 is 51.8 Å². The number of alkyl carbamates (subject to hydrolysis) is 1. The molecular weight excluding hydrogens is 819 g/mol. The SMILES string of the molecule is C[C@H](NC(=O)[C@@H](Cc1c[nH]c2ccccc12)NC(=O)[C@@H](COCc1ccccc1)NC(=O)C(CC1CCCCC1)NC(=O)[C@@H](Cc1cnc[nH]1)NC(=O)OCc1ccccc1)C(N)=O. The molecule has 0 radical (unpaired) electrons. The highest BCUT2D eigenvalue weighted by molar-refractivity contribution is 5.96. The smallest absolute Gasteiger partial charge is 0.408 e. The number of imidazole rings is 1. The third kappa shape index (κ3) is 14.0. The fourth-order valence-corrected chi connectivity index (χ4v) is 7.70. The maximum atomic E-state index is 14.5. The van der Waals surface area contributed by atoms with E-state index in [9.17, 15) is 28.8 Å². The molecule has 1 aliphatic rings. The Bertz CT molecular complexity index is 2300. The Labute approximate surface area is 371 Å². The van der Waals surface area contributed by atoms with Crippen molar-refractivity contribution in [3.8, 4) is 0 Å². The van der Waals surface area contributed by atoms with Crippen molar-refractivity contribution >= 4 is 46.5 Å². The molecule has 6 rings (SSSR count). The van der Waals surface area contributed by atoms with Gasteiger partial charge in [0.25, 0.3) is 0 Å². The number of ether oxygens (including phenoxy) is 2. The number of H-pyrrole nitrogens is 2. The highest BCUT2D eigenvalue weighted by Crippen LogP contribution is 2.28. The average molecular weight is 876 g/mol. The lowest BCUT2D eigenvalue weighted by atomic mass is 9.84. The fraction of sp³-hybridized carbons (Fsp3) is 0.383. The van der Waals surface area contributed by atoms with Crippen molar-refractivity contribution in [2.45, 2.75) is 102 Å². The van der Waals surface area contributed by atoms with Crippen LogP contribution in [0.15, 0.2) is 104 Å². The summed E-state index contributed by atoms with van der Waals surface area (Å²) in [5.41, 5.74) is 9.16. The molecule has 338 valence electrons. The number of fused-ring (bicyclic) bond motifs is 1. The van der Waals surface area contributed by atoms with Crippen LogP contribution in [-0.2, 0) is 59.5 Å². The number of aromatic nitrogens is 3. The second-order valence-corrected chi connectivity index (χ2v) is 16.2. The van der Waals surface area contributed by atoms with E-state index in [2.05, 4.69) is 41.5 Å². The number of aromatic amines is 2. The van der Waals surface area contributed by atoms with E-state index in [4.69, 9.17) is 15.2 Å². The molecule has 1 unspecified atom stereocenters. The van der Waals surface area contributed by atoms with Crippen LogP contribution in [0.25, 0.3) is 10.9 Å². The van der Waals surface area contributed by atoms with E-state index < -0.39 is 65.8 Å². The number of nitrogens with two attached hydrogens (primary N) is 1. The summed E-state index contributed by atoms with van der Waals surface area (Å²) in [4.78, 5) is 92.1. The molecule has 0 spiro atoms. The molecular formula is C47H57N9O8. The number of para-hydroxylation sites is 1. The van der Waals surface area contributed by atoms with Gasteiger partial charge in [-0.25, -0.2) is 9.78 Å². The molecule has 2 aromatic heterocycles. The Morgan fingerprint density at radius 2 is 1.28 bits per heavy atom. The van der Waals surface area contributed by atoms with Crippen LogP contribution in [0.2, 0.25) is 0 Å². The molecule has 9 N–H and O–H groups in total. The predicted molar refractivity (Wildman–Crippen MR) is 238 cm³/mol. The number of carbonyl (C=O) groups excluding carboxylic acids is 6. The molecule has 1 fully saturated rings. The quantitative estimate of drug-likeness (QED) is 0.0505. The van der Waals surface area contributed by atoms with Gasteiger partial charge in [-0.1, -0.05) is 111 Å². The summed E-state index contributed by atoms with van der Waals surface area (Å²) in [7, 11) is 0. The predicted octanol–water partition coefficient (Wildman–Crippen LogP) is 3.60. The van der Waals surface area contributed by atoms with Gasteiger partial charge in [0, 0.05) is 41.8 Å². The van der Waals surface area contributed by atoms with E-state index in [1.165, 1.54) is 19.4 Å². The maximum Gasteiger partial charge on any atom is 0.408 e. The van der Waals surface area contributed by atoms with E-state index in [-0.39, 0.29) is 45.0 Å². The van der Waals surface area contributed by atoms with Crippen LogP contribution in [0.1, 0.15) is 67.8 Å². The standard InChI is InChI=1S/C47H57N9O8/c1-30(42(48)57)52-43(58)39(22-34-24-50-37-20-12-11-19-36(34)37)54-46(61)41(28-63-26-32-15-7-3-8-16-32)55-44(59)38(21-31-13-5-2-6-14-31)53-45(60)40(23-35-25-49-29-51-35)56-47(62)64-27-33-17-9-4-10-18-33/h3-4,7-12,15-20,24-25,29-31,38-41,50H,2,5-6,13-14,21-23,26-28H2,1H3,(H2,48,57)(H,49,51)(H,52,58)(H,53,60)(H,54,61)(H,55,59)(H,56,62)/t30-,38?,39+,40+,41+/m0/s1. The van der Waals surface area contributed by atoms with Gasteiger partial charge in [-0.15, -0.1) is 0 Å². The summed E-state index contributed by atoms with van der Waals surface area (Å²) >= 11 is 0. The molecule has 3 aromatic carbocycles. The third-order valence-electron chi connectivity index (χ3n) is 11.3. The summed E-state index contributed by atoms with van der Waals surface area (Å²) in [6.07, 6.45) is 8.89. The van der Waals surface area contributed by atoms with E-state index in [0.717, 1.165) is 59.7 Å². The molecule has 64 heavy (non-hydrogen) atoms. The number of hydrogen-bond donors (Lipinski definition) is 8. The molecule has 0 aliphatic heterocycles. The van der Waals surface area contributed by atoms with Crippen LogP contribution in [0.3, 0.4) is 0 Å². The van der Waals surface area contributed by atoms with E-state index in [1.54, 1.807) is 18.3 Å². The number of nitrogens with one attached hydrogen (secondary N) is 7. The van der Waals surface area contributed by atoms with Crippen LogP contribution in [0.4, 0.5) is 4.79 Å². The minimum Gasteiger partial charge on any atom is -0.445 e. The fourth-order valence-electron chi connectivity index (χ4n) is 7.70. The Morgan fingerprint density at radius 1 is 0.688 bits per heavy atom. The summed E-state index contributed by atoms with van der Waals surface area (Å²) in [5.74, 6) is -3.38. The normalized spacial score (nSPS) is 15.1. The van der Waals surface area contributed by atoms with Gasteiger partial charge in [-0.05, 0) is 42.0 Å². The average Bonchev–Trinajstić information content (AvgIpc) is 3.98. The second-order valence-electron chi connectivity index (χ2n) is 16.2. The van der Waals surface area contributed by atoms with Gasteiger partial charge in [-0.3, -0.25) is 24.0 Å². The Morgan fingerprint density at radius 3 is 1.97 bits per heavy atom. The van der Waals surface area contributed by atoms with Crippen molar-refractivity contribution in [3.63, 3.8) is 0 Å². The van der Waals surface area contributed by atoms with Gasteiger partial charge in [0.15, 0.2) is 0 Å². The van der Waals surface area contributed by atoms with Crippen LogP contribution in [-0.4, -0.2) is 87.4 Å². The van der Waals surface area contributed by atoms with Gasteiger partial charge in [-0.2, -0.15) is 0 Å². The number of hydrogen-bond acceptors (Lipinski definition) is 9. The maximum absolute atomic E-state index is 14.5. The van der Waals surface area contributed by atoms with E-state index >= 15 is 0 Å². The third-order valence-corrected chi connectivity index (χ3v) is 11.3. The molecule has 5 atom stereocenters. The van der Waals surface area contributed by atoms with Crippen molar-refractivity contribution in [1.29, 1.82) is 0 Å². The molecule has 17 heteroatoms. The largest absolute Gasteiger partial charge is 0.445 e. The van der Waals surface area contributed by atoms with E-state index in [0.29, 0.717) is 5.69 Å². The molecule has 17 nitrogen and oxygen atoms in total. The summed E-state index contributed by atoms with van der Waals surface area (Å²) < 4.78 is 11.5.